The highest BCUT2D eigenvalue weighted by atomic mass is 16.2. The highest BCUT2D eigenvalue weighted by Gasteiger charge is 2.38. The zero-order valence-electron chi connectivity index (χ0n) is 10.6. The van der Waals surface area contributed by atoms with Crippen LogP contribution in [-0.2, 0) is 0 Å². The fraction of sp³-hybridized carbons (Fsp3) is 0.917. The Labute approximate surface area is 98.0 Å². The first kappa shape index (κ1) is 11.7. The Balaban J connectivity index is 2.01. The molecule has 0 aromatic heterocycles. The maximum Gasteiger partial charge on any atom is 0.320 e. The van der Waals surface area contributed by atoms with E-state index in [0.717, 1.165) is 32.6 Å². The molecule has 2 amide bonds. The van der Waals surface area contributed by atoms with Crippen LogP contribution in [-0.4, -0.2) is 53.6 Å². The van der Waals surface area contributed by atoms with Crippen molar-refractivity contribution in [2.24, 2.45) is 0 Å². The summed E-state index contributed by atoms with van der Waals surface area (Å²) in [5.74, 6) is 0. The summed E-state index contributed by atoms with van der Waals surface area (Å²) >= 11 is 0. The number of hydrogen-bond donors (Lipinski definition) is 1. The van der Waals surface area contributed by atoms with Crippen LogP contribution in [0.25, 0.3) is 0 Å². The van der Waals surface area contributed by atoms with Gasteiger partial charge in [0.25, 0.3) is 0 Å². The van der Waals surface area contributed by atoms with E-state index in [-0.39, 0.29) is 11.6 Å². The molecule has 0 spiro atoms. The van der Waals surface area contributed by atoms with Crippen LogP contribution in [0.2, 0.25) is 0 Å². The van der Waals surface area contributed by atoms with Gasteiger partial charge < -0.3 is 15.1 Å². The lowest BCUT2D eigenvalue weighted by molar-refractivity contribution is 0.141. The molecule has 92 valence electrons. The fourth-order valence-electron chi connectivity index (χ4n) is 2.61. The molecule has 4 nitrogen and oxygen atoms in total. The van der Waals surface area contributed by atoms with Gasteiger partial charge >= 0.3 is 6.03 Å². The Morgan fingerprint density at radius 3 is 2.56 bits per heavy atom. The standard InChI is InChI=1S/C12H23N3O/c1-12(2,3)15-8-7-14(11(15)16)10-5-4-6-13-9-10/h10,13H,4-9H2,1-3H3. The lowest BCUT2D eigenvalue weighted by atomic mass is 10.1. The van der Waals surface area contributed by atoms with Crippen LogP contribution < -0.4 is 5.32 Å². The van der Waals surface area contributed by atoms with Crippen LogP contribution in [0.15, 0.2) is 0 Å². The van der Waals surface area contributed by atoms with E-state index in [1.165, 1.54) is 6.42 Å². The van der Waals surface area contributed by atoms with Crippen molar-refractivity contribution in [1.82, 2.24) is 15.1 Å². The van der Waals surface area contributed by atoms with E-state index in [4.69, 9.17) is 0 Å². The number of rotatable bonds is 1. The molecule has 2 saturated heterocycles. The van der Waals surface area contributed by atoms with Crippen LogP contribution in [0.4, 0.5) is 4.79 Å². The molecule has 1 unspecified atom stereocenters. The number of piperidine rings is 1. The van der Waals surface area contributed by atoms with E-state index in [2.05, 4.69) is 31.0 Å². The van der Waals surface area contributed by atoms with Crippen molar-refractivity contribution < 1.29 is 4.79 Å². The number of carbonyl (C=O) groups is 1. The molecule has 16 heavy (non-hydrogen) atoms. The Hall–Kier alpha value is -0.770. The molecule has 4 heteroatoms. The molecule has 0 radical (unpaired) electrons. The molecule has 2 fully saturated rings. The molecular formula is C12H23N3O. The third kappa shape index (κ3) is 2.17. The van der Waals surface area contributed by atoms with Gasteiger partial charge in [0.15, 0.2) is 0 Å². The Bertz CT molecular complexity index is 266. The Kier molecular flexibility index (Phi) is 3.10. The van der Waals surface area contributed by atoms with Crippen LogP contribution in [0, 0.1) is 0 Å². The van der Waals surface area contributed by atoms with E-state index >= 15 is 0 Å². The molecule has 0 aromatic rings. The number of hydrogen-bond acceptors (Lipinski definition) is 2. The molecule has 0 aliphatic carbocycles. The average molecular weight is 225 g/mol. The van der Waals surface area contributed by atoms with Gasteiger partial charge in [0.05, 0.1) is 0 Å². The van der Waals surface area contributed by atoms with Gasteiger partial charge in [-0.1, -0.05) is 0 Å². The lowest BCUT2D eigenvalue weighted by Gasteiger charge is -2.34. The smallest absolute Gasteiger partial charge is 0.319 e. The van der Waals surface area contributed by atoms with Crippen molar-refractivity contribution in [3.8, 4) is 0 Å². The molecule has 0 saturated carbocycles. The quantitative estimate of drug-likeness (QED) is 0.729. The van der Waals surface area contributed by atoms with E-state index in [1.807, 2.05) is 4.90 Å². The molecule has 2 aliphatic rings. The van der Waals surface area contributed by atoms with E-state index in [0.29, 0.717) is 6.04 Å². The van der Waals surface area contributed by atoms with Crippen molar-refractivity contribution in [2.75, 3.05) is 26.2 Å². The van der Waals surface area contributed by atoms with Gasteiger partial charge in [-0.3, -0.25) is 0 Å². The SMILES string of the molecule is CC(C)(C)N1CCN(C2CCCNC2)C1=O. The van der Waals surface area contributed by atoms with E-state index in [1.54, 1.807) is 0 Å². The Morgan fingerprint density at radius 2 is 2.06 bits per heavy atom. The molecule has 2 rings (SSSR count). The molecule has 0 aromatic carbocycles. The number of nitrogens with one attached hydrogen (secondary N) is 1. The summed E-state index contributed by atoms with van der Waals surface area (Å²) in [5, 5.41) is 3.37. The summed E-state index contributed by atoms with van der Waals surface area (Å²) in [7, 11) is 0. The maximum atomic E-state index is 12.3. The van der Waals surface area contributed by atoms with E-state index < -0.39 is 0 Å². The predicted octanol–water partition coefficient (Wildman–Crippen LogP) is 1.27. The largest absolute Gasteiger partial charge is 0.320 e. The van der Waals surface area contributed by atoms with Crippen molar-refractivity contribution >= 4 is 6.03 Å². The van der Waals surface area contributed by atoms with Gasteiger partial charge in [0, 0.05) is 31.2 Å². The van der Waals surface area contributed by atoms with Gasteiger partial charge in [0.2, 0.25) is 0 Å². The van der Waals surface area contributed by atoms with Crippen LogP contribution in [0.3, 0.4) is 0 Å². The zero-order chi connectivity index (χ0) is 11.8. The maximum absolute atomic E-state index is 12.3. The van der Waals surface area contributed by atoms with Crippen molar-refractivity contribution in [1.29, 1.82) is 0 Å². The number of amides is 2. The summed E-state index contributed by atoms with van der Waals surface area (Å²) < 4.78 is 0. The molecule has 0 bridgehead atoms. The number of carbonyl (C=O) groups excluding carboxylic acids is 1. The minimum Gasteiger partial charge on any atom is -0.319 e. The van der Waals surface area contributed by atoms with Crippen molar-refractivity contribution in [2.45, 2.75) is 45.2 Å². The van der Waals surface area contributed by atoms with Crippen LogP contribution in [0.1, 0.15) is 33.6 Å². The lowest BCUT2D eigenvalue weighted by Crippen LogP contribution is -2.50. The zero-order valence-corrected chi connectivity index (χ0v) is 10.6. The second-order valence-corrected chi connectivity index (χ2v) is 5.80. The third-order valence-electron chi connectivity index (χ3n) is 3.56. The Morgan fingerprint density at radius 1 is 1.31 bits per heavy atom. The molecule has 2 aliphatic heterocycles. The van der Waals surface area contributed by atoms with Crippen molar-refractivity contribution in [3.05, 3.63) is 0 Å². The second-order valence-electron chi connectivity index (χ2n) is 5.80. The summed E-state index contributed by atoms with van der Waals surface area (Å²) in [6.45, 7) is 10.1. The normalized spacial score (nSPS) is 27.7. The van der Waals surface area contributed by atoms with Gasteiger partial charge in [-0.15, -0.1) is 0 Å². The first-order chi connectivity index (χ1) is 7.50. The number of urea groups is 1. The first-order valence-corrected chi connectivity index (χ1v) is 6.29. The predicted molar refractivity (Wildman–Crippen MR) is 64.5 cm³/mol. The molecule has 2 heterocycles. The average Bonchev–Trinajstić information content (AvgIpc) is 2.61. The number of nitrogens with zero attached hydrogens (tertiary/aromatic N) is 2. The van der Waals surface area contributed by atoms with Gasteiger partial charge in [-0.05, 0) is 40.2 Å². The molecular weight excluding hydrogens is 202 g/mol. The summed E-state index contributed by atoms with van der Waals surface area (Å²) in [6, 6.07) is 0.634. The van der Waals surface area contributed by atoms with Crippen LogP contribution in [0.5, 0.6) is 0 Å². The topological polar surface area (TPSA) is 35.6 Å². The van der Waals surface area contributed by atoms with Crippen molar-refractivity contribution in [3.63, 3.8) is 0 Å². The monoisotopic (exact) mass is 225 g/mol. The third-order valence-corrected chi connectivity index (χ3v) is 3.56. The molecule has 1 atom stereocenters. The summed E-state index contributed by atoms with van der Waals surface area (Å²) in [6.07, 6.45) is 2.33. The minimum atomic E-state index is -0.0477. The van der Waals surface area contributed by atoms with Gasteiger partial charge in [0.1, 0.15) is 0 Å². The summed E-state index contributed by atoms with van der Waals surface area (Å²) in [5.41, 5.74) is -0.0477. The summed E-state index contributed by atoms with van der Waals surface area (Å²) in [4.78, 5) is 16.3. The highest BCUT2D eigenvalue weighted by molar-refractivity contribution is 5.77. The first-order valence-electron chi connectivity index (χ1n) is 6.29. The van der Waals surface area contributed by atoms with Crippen LogP contribution >= 0.6 is 0 Å². The molecule has 1 N–H and O–H groups in total. The fourth-order valence-corrected chi connectivity index (χ4v) is 2.61. The highest BCUT2D eigenvalue weighted by Crippen LogP contribution is 2.23. The van der Waals surface area contributed by atoms with E-state index in [9.17, 15) is 4.79 Å². The van der Waals surface area contributed by atoms with Gasteiger partial charge in [-0.2, -0.15) is 0 Å². The minimum absolute atomic E-state index is 0.0477. The van der Waals surface area contributed by atoms with Gasteiger partial charge in [-0.25, -0.2) is 4.79 Å². The second kappa shape index (κ2) is 4.24.